The summed E-state index contributed by atoms with van der Waals surface area (Å²) in [5.41, 5.74) is -0.575. The molecule has 2 aliphatic rings. The summed E-state index contributed by atoms with van der Waals surface area (Å²) < 4.78 is 1.95. The largest absolute Gasteiger partial charge is 0.388 e. The van der Waals surface area contributed by atoms with Gasteiger partial charge in [-0.2, -0.15) is 5.10 Å². The van der Waals surface area contributed by atoms with Crippen LogP contribution in [0.25, 0.3) is 0 Å². The van der Waals surface area contributed by atoms with Gasteiger partial charge in [0.2, 0.25) is 0 Å². The zero-order chi connectivity index (χ0) is 14.7. The molecule has 0 aromatic carbocycles. The van der Waals surface area contributed by atoms with Gasteiger partial charge in [0.05, 0.1) is 18.7 Å². The molecular weight excluding hydrogens is 395 g/mol. The Kier molecular flexibility index (Phi) is 6.01. The topological polar surface area (TPSA) is 87.4 Å². The smallest absolute Gasteiger partial charge is 0.191 e. The van der Waals surface area contributed by atoms with Gasteiger partial charge in [0.25, 0.3) is 0 Å². The first-order chi connectivity index (χ1) is 10.2. The highest BCUT2D eigenvalue weighted by molar-refractivity contribution is 14.0. The maximum absolute atomic E-state index is 10.2. The fourth-order valence-electron chi connectivity index (χ4n) is 2.84. The number of nitrogens with zero attached hydrogens (tertiary/aromatic N) is 4. The molecule has 1 atom stereocenters. The molecule has 1 aromatic heterocycles. The number of guanidine groups is 1. The fourth-order valence-corrected chi connectivity index (χ4v) is 2.84. The lowest BCUT2D eigenvalue weighted by molar-refractivity contribution is -0.0236. The van der Waals surface area contributed by atoms with E-state index in [1.165, 1.54) is 0 Å². The highest BCUT2D eigenvalue weighted by Gasteiger charge is 2.34. The zero-order valence-electron chi connectivity index (χ0n) is 13.0. The van der Waals surface area contributed by atoms with E-state index in [2.05, 4.69) is 25.7 Å². The van der Waals surface area contributed by atoms with E-state index in [0.717, 1.165) is 57.0 Å². The second-order valence-corrected chi connectivity index (χ2v) is 6.01. The van der Waals surface area contributed by atoms with Gasteiger partial charge in [0, 0.05) is 19.0 Å². The fraction of sp³-hybridized carbons (Fsp3) is 0.786. The standard InChI is InChI=1S/C14H24N6O.HI/c1-2-15-13(16-9-14(21)6-3-7-14)19-11-4-5-12-17-10-18-20(12)8-11;/h10-11,21H,2-9H2,1H3,(H2,15,16,19);1H. The molecule has 0 radical (unpaired) electrons. The van der Waals surface area contributed by atoms with Crippen LogP contribution in [0.3, 0.4) is 0 Å². The Morgan fingerprint density at radius 1 is 1.55 bits per heavy atom. The Hall–Kier alpha value is -0.900. The normalized spacial score (nSPS) is 23.0. The Labute approximate surface area is 148 Å². The van der Waals surface area contributed by atoms with Gasteiger partial charge in [0.1, 0.15) is 12.2 Å². The van der Waals surface area contributed by atoms with Crippen molar-refractivity contribution in [1.82, 2.24) is 25.4 Å². The molecule has 1 aliphatic carbocycles. The number of aromatic nitrogens is 3. The van der Waals surface area contributed by atoms with Crippen molar-refractivity contribution in [1.29, 1.82) is 0 Å². The van der Waals surface area contributed by atoms with E-state index in [1.54, 1.807) is 6.33 Å². The molecule has 3 rings (SSSR count). The first-order valence-corrected chi connectivity index (χ1v) is 7.82. The van der Waals surface area contributed by atoms with Crippen molar-refractivity contribution in [2.45, 2.75) is 57.2 Å². The van der Waals surface area contributed by atoms with Crippen LogP contribution in [0.1, 0.15) is 38.4 Å². The van der Waals surface area contributed by atoms with Crippen LogP contribution in [0.5, 0.6) is 0 Å². The third-order valence-corrected chi connectivity index (χ3v) is 4.31. The van der Waals surface area contributed by atoms with Gasteiger partial charge in [-0.25, -0.2) is 9.67 Å². The molecule has 0 spiro atoms. The summed E-state index contributed by atoms with van der Waals surface area (Å²) >= 11 is 0. The second-order valence-electron chi connectivity index (χ2n) is 6.01. The van der Waals surface area contributed by atoms with E-state index in [1.807, 2.05) is 11.6 Å². The first kappa shape index (κ1) is 17.5. The number of aliphatic imine (C=N–C) groups is 1. The van der Waals surface area contributed by atoms with Gasteiger partial charge < -0.3 is 15.7 Å². The van der Waals surface area contributed by atoms with Crippen LogP contribution in [0.15, 0.2) is 11.3 Å². The minimum atomic E-state index is -0.575. The van der Waals surface area contributed by atoms with E-state index in [0.29, 0.717) is 12.6 Å². The van der Waals surface area contributed by atoms with Crippen molar-refractivity contribution in [2.24, 2.45) is 4.99 Å². The Morgan fingerprint density at radius 3 is 3.05 bits per heavy atom. The van der Waals surface area contributed by atoms with Crippen molar-refractivity contribution in [3.05, 3.63) is 12.2 Å². The number of nitrogens with one attached hydrogen (secondary N) is 2. The number of aliphatic hydroxyl groups is 1. The van der Waals surface area contributed by atoms with Crippen molar-refractivity contribution in [3.8, 4) is 0 Å². The van der Waals surface area contributed by atoms with Gasteiger partial charge in [-0.3, -0.25) is 4.99 Å². The molecule has 1 saturated carbocycles. The van der Waals surface area contributed by atoms with Crippen molar-refractivity contribution in [3.63, 3.8) is 0 Å². The maximum atomic E-state index is 10.2. The first-order valence-electron chi connectivity index (χ1n) is 7.82. The van der Waals surface area contributed by atoms with E-state index in [-0.39, 0.29) is 24.0 Å². The minimum absolute atomic E-state index is 0. The Bertz CT molecular complexity index is 513. The monoisotopic (exact) mass is 420 g/mol. The average Bonchev–Trinajstić information content (AvgIpc) is 2.90. The molecule has 1 fully saturated rings. The molecule has 1 aromatic rings. The Morgan fingerprint density at radius 2 is 2.36 bits per heavy atom. The number of hydrogen-bond acceptors (Lipinski definition) is 4. The lowest BCUT2D eigenvalue weighted by Gasteiger charge is -2.35. The lowest BCUT2D eigenvalue weighted by Crippen LogP contribution is -2.48. The van der Waals surface area contributed by atoms with Crippen LogP contribution in [0.2, 0.25) is 0 Å². The number of fused-ring (bicyclic) bond motifs is 1. The molecule has 1 unspecified atom stereocenters. The molecule has 0 saturated heterocycles. The average molecular weight is 420 g/mol. The summed E-state index contributed by atoms with van der Waals surface area (Å²) in [6.07, 6.45) is 6.40. The van der Waals surface area contributed by atoms with Gasteiger partial charge in [-0.15, -0.1) is 24.0 Å². The lowest BCUT2D eigenvalue weighted by atomic mass is 9.80. The molecule has 2 heterocycles. The van der Waals surface area contributed by atoms with Gasteiger partial charge >= 0.3 is 0 Å². The van der Waals surface area contributed by atoms with Crippen molar-refractivity contribution < 1.29 is 5.11 Å². The van der Waals surface area contributed by atoms with Crippen molar-refractivity contribution >= 4 is 29.9 Å². The maximum Gasteiger partial charge on any atom is 0.191 e. The van der Waals surface area contributed by atoms with Crippen LogP contribution in [0.4, 0.5) is 0 Å². The summed E-state index contributed by atoms with van der Waals surface area (Å²) in [5.74, 6) is 1.84. The summed E-state index contributed by atoms with van der Waals surface area (Å²) in [5, 5.41) is 21.1. The number of rotatable bonds is 4. The molecule has 0 amide bonds. The van der Waals surface area contributed by atoms with Crippen LogP contribution < -0.4 is 10.6 Å². The summed E-state index contributed by atoms with van der Waals surface area (Å²) in [6, 6.07) is 0.299. The predicted molar refractivity (Wildman–Crippen MR) is 95.5 cm³/mol. The molecule has 7 nitrogen and oxygen atoms in total. The highest BCUT2D eigenvalue weighted by Crippen LogP contribution is 2.31. The quantitative estimate of drug-likeness (QED) is 0.379. The molecule has 124 valence electrons. The summed E-state index contributed by atoms with van der Waals surface area (Å²) in [4.78, 5) is 8.78. The summed E-state index contributed by atoms with van der Waals surface area (Å²) in [6.45, 7) is 4.14. The predicted octanol–water partition coefficient (Wildman–Crippen LogP) is 0.681. The molecule has 1 aliphatic heterocycles. The molecular formula is C14H25IN6O. The third-order valence-electron chi connectivity index (χ3n) is 4.31. The summed E-state index contributed by atoms with van der Waals surface area (Å²) in [7, 11) is 0. The number of halogens is 1. The molecule has 0 bridgehead atoms. The van der Waals surface area contributed by atoms with Gasteiger partial charge in [0.15, 0.2) is 5.96 Å². The van der Waals surface area contributed by atoms with Gasteiger partial charge in [-0.1, -0.05) is 0 Å². The van der Waals surface area contributed by atoms with E-state index >= 15 is 0 Å². The van der Waals surface area contributed by atoms with Gasteiger partial charge in [-0.05, 0) is 32.6 Å². The van der Waals surface area contributed by atoms with Crippen LogP contribution in [-0.4, -0.2) is 50.6 Å². The molecule has 22 heavy (non-hydrogen) atoms. The van der Waals surface area contributed by atoms with Crippen LogP contribution in [0, 0.1) is 0 Å². The minimum Gasteiger partial charge on any atom is -0.388 e. The Balaban J connectivity index is 0.00000176. The SMILES string of the molecule is CCNC(=NCC1(O)CCC1)NC1CCc2ncnn2C1.I. The third kappa shape index (κ3) is 4.09. The molecule has 3 N–H and O–H groups in total. The molecule has 8 heteroatoms. The second kappa shape index (κ2) is 7.58. The van der Waals surface area contributed by atoms with E-state index in [9.17, 15) is 5.11 Å². The zero-order valence-corrected chi connectivity index (χ0v) is 15.3. The van der Waals surface area contributed by atoms with E-state index in [4.69, 9.17) is 0 Å². The van der Waals surface area contributed by atoms with Crippen molar-refractivity contribution in [2.75, 3.05) is 13.1 Å². The van der Waals surface area contributed by atoms with Crippen LogP contribution >= 0.6 is 24.0 Å². The number of aryl methyl sites for hydroxylation is 1. The van der Waals surface area contributed by atoms with E-state index < -0.39 is 5.60 Å². The number of hydrogen-bond donors (Lipinski definition) is 3. The highest BCUT2D eigenvalue weighted by atomic mass is 127. The van der Waals surface area contributed by atoms with Crippen LogP contribution in [-0.2, 0) is 13.0 Å².